The van der Waals surface area contributed by atoms with Gasteiger partial charge < -0.3 is 0 Å². The number of alkyl halides is 1. The fraction of sp³-hybridized carbons (Fsp3) is 0.700. The highest BCUT2D eigenvalue weighted by atomic mass is 79.9. The van der Waals surface area contributed by atoms with Gasteiger partial charge in [0, 0.05) is 23.6 Å². The maximum absolute atomic E-state index is 4.45. The molecule has 74 valence electrons. The molecule has 1 heterocycles. The van der Waals surface area contributed by atoms with Crippen molar-refractivity contribution < 1.29 is 0 Å². The lowest BCUT2D eigenvalue weighted by molar-refractivity contribution is 0.324. The molecule has 0 amide bonds. The van der Waals surface area contributed by atoms with Gasteiger partial charge >= 0.3 is 0 Å². The minimum absolute atomic E-state index is 0.294. The van der Waals surface area contributed by atoms with Gasteiger partial charge in [0.15, 0.2) is 0 Å². The van der Waals surface area contributed by atoms with Crippen LogP contribution in [0.5, 0.6) is 0 Å². The number of aromatic nitrogens is 2. The van der Waals surface area contributed by atoms with Crippen LogP contribution in [0.3, 0.4) is 0 Å². The molecule has 0 radical (unpaired) electrons. The summed E-state index contributed by atoms with van der Waals surface area (Å²) >= 11 is 3.45. The molecule has 0 saturated carbocycles. The lowest BCUT2D eigenvalue weighted by Gasteiger charge is -2.17. The van der Waals surface area contributed by atoms with Crippen LogP contribution < -0.4 is 0 Å². The van der Waals surface area contributed by atoms with Gasteiger partial charge in [0.2, 0.25) is 0 Å². The molecule has 0 aliphatic carbocycles. The third-order valence-corrected chi connectivity index (χ3v) is 2.43. The van der Waals surface area contributed by atoms with Crippen LogP contribution in [-0.4, -0.2) is 9.78 Å². The highest BCUT2D eigenvalue weighted by Gasteiger charge is 2.12. The molecule has 0 N–H and O–H groups in total. The van der Waals surface area contributed by atoms with E-state index in [1.54, 1.807) is 0 Å². The predicted molar refractivity (Wildman–Crippen MR) is 59.1 cm³/mol. The van der Waals surface area contributed by atoms with Crippen molar-refractivity contribution in [1.82, 2.24) is 9.78 Å². The second kappa shape index (κ2) is 3.82. The van der Waals surface area contributed by atoms with Crippen LogP contribution in [0.1, 0.15) is 32.0 Å². The molecule has 1 rings (SSSR count). The Bertz CT molecular complexity index is 284. The van der Waals surface area contributed by atoms with E-state index in [1.807, 2.05) is 4.68 Å². The van der Waals surface area contributed by atoms with Crippen molar-refractivity contribution in [2.75, 3.05) is 0 Å². The molecule has 0 aromatic carbocycles. The molecule has 0 bridgehead atoms. The highest BCUT2D eigenvalue weighted by Crippen LogP contribution is 2.17. The van der Waals surface area contributed by atoms with Crippen molar-refractivity contribution in [1.29, 1.82) is 0 Å². The largest absolute Gasteiger partial charge is 0.272 e. The molecular weight excluding hydrogens is 228 g/mol. The number of hydrogen-bond donors (Lipinski definition) is 0. The molecule has 0 unspecified atom stereocenters. The van der Waals surface area contributed by atoms with Gasteiger partial charge in [-0.1, -0.05) is 36.7 Å². The van der Waals surface area contributed by atoms with E-state index in [1.165, 1.54) is 5.56 Å². The summed E-state index contributed by atoms with van der Waals surface area (Å²) in [5.74, 6) is 0. The maximum Gasteiger partial charge on any atom is 0.0634 e. The van der Waals surface area contributed by atoms with Gasteiger partial charge in [-0.05, 0) is 12.3 Å². The Kier molecular flexibility index (Phi) is 3.17. The van der Waals surface area contributed by atoms with Crippen molar-refractivity contribution in [2.45, 2.75) is 39.6 Å². The predicted octanol–water partition coefficient (Wildman–Crippen LogP) is 3.13. The highest BCUT2D eigenvalue weighted by molar-refractivity contribution is 9.08. The fourth-order valence-electron chi connectivity index (χ4n) is 1.26. The Morgan fingerprint density at radius 1 is 1.46 bits per heavy atom. The van der Waals surface area contributed by atoms with Gasteiger partial charge in [0.1, 0.15) is 0 Å². The summed E-state index contributed by atoms with van der Waals surface area (Å²) in [6.07, 6.45) is 2.12. The zero-order chi connectivity index (χ0) is 10.1. The lowest BCUT2D eigenvalue weighted by Crippen LogP contribution is -2.15. The first-order valence-electron chi connectivity index (χ1n) is 4.51. The summed E-state index contributed by atoms with van der Waals surface area (Å²) in [6.45, 7) is 9.68. The van der Waals surface area contributed by atoms with Crippen LogP contribution in [0.2, 0.25) is 0 Å². The van der Waals surface area contributed by atoms with Gasteiger partial charge in [0.25, 0.3) is 0 Å². The van der Waals surface area contributed by atoms with Crippen molar-refractivity contribution in [3.8, 4) is 0 Å². The van der Waals surface area contributed by atoms with Crippen molar-refractivity contribution in [2.24, 2.45) is 5.41 Å². The lowest BCUT2D eigenvalue weighted by atomic mass is 9.97. The first kappa shape index (κ1) is 10.8. The summed E-state index contributed by atoms with van der Waals surface area (Å²) < 4.78 is 2.03. The molecule has 0 atom stereocenters. The van der Waals surface area contributed by atoms with Gasteiger partial charge in [-0.3, -0.25) is 4.68 Å². The van der Waals surface area contributed by atoms with Gasteiger partial charge in [0.05, 0.1) is 5.69 Å². The van der Waals surface area contributed by atoms with Gasteiger partial charge in [-0.25, -0.2) is 0 Å². The number of halogens is 1. The van der Waals surface area contributed by atoms with E-state index in [-0.39, 0.29) is 0 Å². The average Bonchev–Trinajstić information content (AvgIpc) is 2.26. The molecule has 0 saturated heterocycles. The number of aryl methyl sites for hydroxylation is 1. The zero-order valence-corrected chi connectivity index (χ0v) is 10.3. The van der Waals surface area contributed by atoms with Crippen molar-refractivity contribution in [3.05, 3.63) is 17.5 Å². The SMILES string of the molecule is Cc1nn(CC(C)(C)C)cc1CBr. The van der Waals surface area contributed by atoms with Crippen LogP contribution in [0.25, 0.3) is 0 Å². The van der Waals surface area contributed by atoms with E-state index in [2.05, 4.69) is 54.9 Å². The summed E-state index contributed by atoms with van der Waals surface area (Å²) in [7, 11) is 0. The van der Waals surface area contributed by atoms with E-state index in [4.69, 9.17) is 0 Å². The Balaban J connectivity index is 2.80. The van der Waals surface area contributed by atoms with Crippen LogP contribution in [0.15, 0.2) is 6.20 Å². The van der Waals surface area contributed by atoms with Crippen molar-refractivity contribution in [3.63, 3.8) is 0 Å². The van der Waals surface area contributed by atoms with Gasteiger partial charge in [-0.15, -0.1) is 0 Å². The quantitative estimate of drug-likeness (QED) is 0.732. The molecule has 0 fully saturated rings. The molecule has 0 aliphatic heterocycles. The Hall–Kier alpha value is -0.310. The third kappa shape index (κ3) is 3.14. The Morgan fingerprint density at radius 2 is 2.08 bits per heavy atom. The summed E-state index contributed by atoms with van der Waals surface area (Å²) in [5, 5.41) is 5.35. The molecule has 0 spiro atoms. The minimum atomic E-state index is 0.294. The van der Waals surface area contributed by atoms with Crippen LogP contribution in [0, 0.1) is 12.3 Å². The number of hydrogen-bond acceptors (Lipinski definition) is 1. The van der Waals surface area contributed by atoms with Crippen molar-refractivity contribution >= 4 is 15.9 Å². The van der Waals surface area contributed by atoms with Crippen LogP contribution >= 0.6 is 15.9 Å². The standard InChI is InChI=1S/C10H17BrN2/c1-8-9(5-11)6-13(12-8)7-10(2,3)4/h6H,5,7H2,1-4H3. The summed E-state index contributed by atoms with van der Waals surface area (Å²) in [4.78, 5) is 0. The number of nitrogens with zero attached hydrogens (tertiary/aromatic N) is 2. The molecule has 3 heteroatoms. The van der Waals surface area contributed by atoms with E-state index < -0.39 is 0 Å². The van der Waals surface area contributed by atoms with Gasteiger partial charge in [-0.2, -0.15) is 5.10 Å². The molecule has 0 aliphatic rings. The Morgan fingerprint density at radius 3 is 2.46 bits per heavy atom. The van der Waals surface area contributed by atoms with Crippen LogP contribution in [-0.2, 0) is 11.9 Å². The van der Waals surface area contributed by atoms with Crippen LogP contribution in [0.4, 0.5) is 0 Å². The maximum atomic E-state index is 4.45. The second-order valence-electron chi connectivity index (χ2n) is 4.63. The minimum Gasteiger partial charge on any atom is -0.272 e. The second-order valence-corrected chi connectivity index (χ2v) is 5.19. The van der Waals surface area contributed by atoms with E-state index in [0.717, 1.165) is 17.6 Å². The normalized spacial score (nSPS) is 12.1. The Labute approximate surface area is 88.5 Å². The smallest absolute Gasteiger partial charge is 0.0634 e. The summed E-state index contributed by atoms with van der Waals surface area (Å²) in [5.41, 5.74) is 2.70. The first-order chi connectivity index (χ1) is 5.92. The fourth-order valence-corrected chi connectivity index (χ4v) is 1.81. The molecule has 1 aromatic rings. The first-order valence-corrected chi connectivity index (χ1v) is 5.63. The topological polar surface area (TPSA) is 17.8 Å². The van der Waals surface area contributed by atoms with E-state index >= 15 is 0 Å². The van der Waals surface area contributed by atoms with E-state index in [0.29, 0.717) is 5.41 Å². The monoisotopic (exact) mass is 244 g/mol. The summed E-state index contributed by atoms with van der Waals surface area (Å²) in [6, 6.07) is 0. The third-order valence-electron chi connectivity index (χ3n) is 1.83. The molecule has 1 aromatic heterocycles. The molecule has 2 nitrogen and oxygen atoms in total. The molecular formula is C10H17BrN2. The number of rotatable bonds is 2. The van der Waals surface area contributed by atoms with E-state index in [9.17, 15) is 0 Å². The molecule has 13 heavy (non-hydrogen) atoms. The average molecular weight is 245 g/mol. The zero-order valence-electron chi connectivity index (χ0n) is 8.76.